The molecule has 0 spiro atoms. The number of aromatic hydroxyl groups is 3. The highest BCUT2D eigenvalue weighted by molar-refractivity contribution is 6.32. The molecule has 0 unspecified atom stereocenters. The molecule has 0 radical (unpaired) electrons. The number of nitrogens with one attached hydrogen (secondary N) is 6. The third kappa shape index (κ3) is 19.5. The van der Waals surface area contributed by atoms with Crippen molar-refractivity contribution in [3.8, 4) is 62.9 Å². The van der Waals surface area contributed by atoms with Crippen LogP contribution < -0.4 is 62.3 Å². The summed E-state index contributed by atoms with van der Waals surface area (Å²) in [5.74, 6) is -16.0. The number of urea groups is 1. The van der Waals surface area contributed by atoms with Gasteiger partial charge in [0.2, 0.25) is 41.6 Å². The summed E-state index contributed by atoms with van der Waals surface area (Å²) in [6.45, 7) is 7.92. The summed E-state index contributed by atoms with van der Waals surface area (Å²) in [6.07, 6.45) is -15.7. The number of carbonyl (C=O) groups is 9. The topological polar surface area (TPSA) is 525 Å². The molecule has 19 N–H and O–H groups in total. The lowest BCUT2D eigenvalue weighted by molar-refractivity contribution is -0.333. The number of fused-ring (bicyclic) bond motifs is 15. The summed E-state index contributed by atoms with van der Waals surface area (Å²) < 4.78 is 44.8. The molecule has 18 atom stereocenters. The number of aliphatic hydroxyl groups is 6. The van der Waals surface area contributed by atoms with Crippen molar-refractivity contribution in [3.05, 3.63) is 141 Å². The van der Waals surface area contributed by atoms with Crippen LogP contribution in [0.3, 0.4) is 0 Å². The normalized spacial score (nSPS) is 30.6. The Morgan fingerprint density at radius 2 is 1.34 bits per heavy atom. The zero-order valence-corrected chi connectivity index (χ0v) is 70.2. The Morgan fingerprint density at radius 3 is 1.95 bits per heavy atom. The fourth-order valence-corrected chi connectivity index (χ4v) is 19.6. The van der Waals surface area contributed by atoms with E-state index in [0.29, 0.717) is 24.0 Å². The Labute approximate surface area is 723 Å². The molecule has 124 heavy (non-hydrogen) atoms. The van der Waals surface area contributed by atoms with Crippen LogP contribution >= 0.6 is 23.2 Å². The van der Waals surface area contributed by atoms with Crippen LogP contribution in [0.2, 0.25) is 10.0 Å². The van der Waals surface area contributed by atoms with Gasteiger partial charge in [-0.25, -0.2) is 4.79 Å². The molecular formula is C89H104Cl2N8O25. The molecule has 15 bridgehead atoms. The summed E-state index contributed by atoms with van der Waals surface area (Å²) in [6, 6.07) is 11.8. The van der Waals surface area contributed by atoms with Gasteiger partial charge in [-0.3, -0.25) is 43.7 Å². The molecule has 6 aromatic carbocycles. The number of hydrogen-bond donors (Lipinski definition) is 17. The molecule has 664 valence electrons. The number of ketones is 3. The van der Waals surface area contributed by atoms with E-state index < -0.39 is 228 Å². The summed E-state index contributed by atoms with van der Waals surface area (Å²) in [4.78, 5) is 139. The highest BCUT2D eigenvalue weighted by atomic mass is 35.5. The zero-order chi connectivity index (χ0) is 88.8. The number of hydrogen-bond acceptors (Lipinski definition) is 27. The molecule has 4 saturated carbocycles. The molecule has 33 nitrogen and oxygen atoms in total. The standard InChI is InChI=1S/C89H104Cl2N8O25/c1-6-42(19-38(2)3)83(113)98-74-61(104)28-49(31-69(107)95-88(117)94-50-10-12-52(13-11-50)118-18-17-92)84(114)96-72-48-29-66(120-64-15-8-44(76(74)108)26-57(64)90)80(124-87-81(79(111)78(110)68(37-100)122-87)123-70-36-89(5,93)82(112)39(4)119-70)67(30-48)121-65-16-9-45(27-58(65)91)77(109)75-86(116)97-73(63(106)34-53-46-21-40-20-41(23-46)24-47(53)22-40)56-32-51(101)33-60(103)71(56)55-25-43(7-14-59(55)102)54(35-62(72)105)85(115)99-75/h7-16,25-27,29-30,32-33,38-42,46-47,49,53-54,68,70,72-79,81-82,87,100-103,108-112H,6,17-24,28,31,34-37,92-93H2,1-5H3,(H,96,114)(H,97,116)(H,98,113)(H,99,115)(H2,94,95,107,117)/t39-,40?,41?,42+,46?,47?,49-,53?,54+,68+,70-,72+,73-,74-,75-,76+,77+,78+,79-,81+,82+,87-,89-/m0/s1. The number of phenols is 3. The van der Waals surface area contributed by atoms with Gasteiger partial charge in [-0.05, 0) is 201 Å². The van der Waals surface area contributed by atoms with Gasteiger partial charge < -0.3 is 117 Å². The second kappa shape index (κ2) is 37.6. The molecule has 6 aromatic rings. The van der Waals surface area contributed by atoms with Gasteiger partial charge >= 0.3 is 6.03 Å². The predicted molar refractivity (Wildman–Crippen MR) is 444 cm³/mol. The molecule has 7 heterocycles. The fourth-order valence-electron chi connectivity index (χ4n) is 19.1. The SMILES string of the molecule is CC[C@H](CC(C)C)C(=O)N[C@H]1C(=O)C[C@@H](CC(=O)NC(=O)Nc2ccc(OCCN)cc2)C(=O)N[C@H]2C(=O)C[C@H]3C(=O)N[C@H](C(=O)N[C@H](C(=O)CC4C5CC6CC(C5)CC4C6)c4cc(O)cc(O)c4-c4cc3ccc4O)[C@H](O)c3ccc(c(Cl)c3)Oc3cc2cc(c3O[C@@H]2O[C@H](CO)[C@@H](O)[C@H](O)[C@H]2O[C@H]2C[C@](C)(N)[C@H](O)[C@H](C)O2)Oc2ccc(cc2Cl)[C@H]1O. The van der Waals surface area contributed by atoms with Crippen LogP contribution in [-0.2, 0) is 52.6 Å². The Kier molecular flexibility index (Phi) is 27.3. The highest BCUT2D eigenvalue weighted by Crippen LogP contribution is 2.59. The number of anilines is 1. The molecule has 0 aromatic heterocycles. The molecule has 17 rings (SSSR count). The van der Waals surface area contributed by atoms with Crippen molar-refractivity contribution < 1.29 is 122 Å². The lowest BCUT2D eigenvalue weighted by Gasteiger charge is -2.54. The van der Waals surface area contributed by atoms with E-state index in [0.717, 1.165) is 68.5 Å². The Morgan fingerprint density at radius 1 is 0.694 bits per heavy atom. The molecule has 4 aliphatic carbocycles. The van der Waals surface area contributed by atoms with Gasteiger partial charge in [-0.15, -0.1) is 0 Å². The molecule has 35 heteroatoms. The van der Waals surface area contributed by atoms with E-state index in [2.05, 4.69) is 31.9 Å². The van der Waals surface area contributed by atoms with Crippen LogP contribution in [0.4, 0.5) is 10.5 Å². The second-order valence-electron chi connectivity index (χ2n) is 34.7. The van der Waals surface area contributed by atoms with Gasteiger partial charge in [-0.1, -0.05) is 62.2 Å². The average molecular weight is 1760 g/mol. The first-order valence-electron chi connectivity index (χ1n) is 41.8. The van der Waals surface area contributed by atoms with Crippen molar-refractivity contribution in [1.29, 1.82) is 0 Å². The molecule has 2 saturated heterocycles. The maximum absolute atomic E-state index is 16.8. The maximum Gasteiger partial charge on any atom is 0.325 e. The Hall–Kier alpha value is -10.1. The van der Waals surface area contributed by atoms with Gasteiger partial charge in [0.25, 0.3) is 0 Å². The summed E-state index contributed by atoms with van der Waals surface area (Å²) in [5, 5.41) is 122. The highest BCUT2D eigenvalue weighted by Gasteiger charge is 2.53. The Bertz CT molecular complexity index is 5050. The number of ether oxygens (including phenoxy) is 7. The van der Waals surface area contributed by atoms with E-state index in [1.165, 1.54) is 80.6 Å². The minimum atomic E-state index is -2.26. The number of amides is 7. The second-order valence-corrected chi connectivity index (χ2v) is 35.5. The van der Waals surface area contributed by atoms with Crippen LogP contribution in [0, 0.1) is 47.3 Å². The van der Waals surface area contributed by atoms with Gasteiger partial charge in [0, 0.05) is 73.0 Å². The maximum atomic E-state index is 16.8. The van der Waals surface area contributed by atoms with Crippen molar-refractivity contribution in [2.75, 3.05) is 25.1 Å². The van der Waals surface area contributed by atoms with Crippen molar-refractivity contribution in [1.82, 2.24) is 26.6 Å². The van der Waals surface area contributed by atoms with Crippen LogP contribution in [0.15, 0.2) is 103 Å². The quantitative estimate of drug-likeness (QED) is 0.0370. The smallest absolute Gasteiger partial charge is 0.325 e. The molecule has 6 fully saturated rings. The lowest BCUT2D eigenvalue weighted by Crippen LogP contribution is -2.64. The molecule has 11 aliphatic rings. The van der Waals surface area contributed by atoms with Crippen LogP contribution in [0.25, 0.3) is 11.1 Å². The molecule has 7 aliphatic heterocycles. The van der Waals surface area contributed by atoms with E-state index >= 15 is 28.8 Å². The fraction of sp³-hybridized carbons (Fsp3) is 0.494. The number of phenolic OH excluding ortho intramolecular Hbond substituents is 3. The van der Waals surface area contributed by atoms with Crippen LogP contribution in [-0.4, -0.2) is 185 Å². The predicted octanol–water partition coefficient (Wildman–Crippen LogP) is 7.67. The Balaban J connectivity index is 0.959. The number of benzene rings is 6. The monoisotopic (exact) mass is 1750 g/mol. The number of Topliss-reactive ketones (excluding diaryl/α,β-unsaturated/α-hetero) is 3. The third-order valence-corrected chi connectivity index (χ3v) is 25.9. The van der Waals surface area contributed by atoms with Crippen molar-refractivity contribution in [2.45, 2.75) is 209 Å². The van der Waals surface area contributed by atoms with E-state index in [4.69, 9.17) is 67.8 Å². The van der Waals surface area contributed by atoms with Crippen molar-refractivity contribution >= 4 is 81.8 Å². The van der Waals surface area contributed by atoms with E-state index in [9.17, 15) is 60.3 Å². The first kappa shape index (κ1) is 90.1. The summed E-state index contributed by atoms with van der Waals surface area (Å²) in [7, 11) is 0. The van der Waals surface area contributed by atoms with Gasteiger partial charge in [0.1, 0.15) is 95.8 Å². The molecule has 7 amide bonds. The summed E-state index contributed by atoms with van der Waals surface area (Å²) in [5.41, 5.74) is 9.26. The number of aliphatic hydroxyl groups excluding tert-OH is 6. The minimum absolute atomic E-state index is 0.0581. The first-order chi connectivity index (χ1) is 59.0. The van der Waals surface area contributed by atoms with E-state index in [-0.39, 0.29) is 117 Å². The number of carbonyl (C=O) groups excluding carboxylic acids is 9. The van der Waals surface area contributed by atoms with Gasteiger partial charge in [0.15, 0.2) is 41.2 Å². The van der Waals surface area contributed by atoms with Gasteiger partial charge in [0.05, 0.1) is 40.7 Å². The first-order valence-corrected chi connectivity index (χ1v) is 42.6. The number of halogens is 2. The van der Waals surface area contributed by atoms with E-state index in [1.54, 1.807) is 6.92 Å². The number of nitrogens with two attached hydrogens (primary N) is 2. The zero-order valence-electron chi connectivity index (χ0n) is 68.7. The lowest BCUT2D eigenvalue weighted by atomic mass is 9.51. The number of rotatable bonds is 19. The van der Waals surface area contributed by atoms with Crippen LogP contribution in [0.5, 0.6) is 51.7 Å². The largest absolute Gasteiger partial charge is 0.508 e. The van der Waals surface area contributed by atoms with Crippen molar-refractivity contribution in [2.24, 2.45) is 58.8 Å². The summed E-state index contributed by atoms with van der Waals surface area (Å²) >= 11 is 14.6. The van der Waals surface area contributed by atoms with E-state index in [1.807, 2.05) is 13.8 Å². The number of imide groups is 1. The van der Waals surface area contributed by atoms with Crippen molar-refractivity contribution in [3.63, 3.8) is 0 Å². The minimum Gasteiger partial charge on any atom is -0.508 e. The third-order valence-electron chi connectivity index (χ3n) is 25.3. The van der Waals surface area contributed by atoms with Crippen LogP contribution in [0.1, 0.15) is 170 Å². The average Bonchev–Trinajstić information content (AvgIpc) is 0.754. The van der Waals surface area contributed by atoms with Gasteiger partial charge in [-0.2, -0.15) is 0 Å². The molecular weight excluding hydrogens is 1650 g/mol.